The van der Waals surface area contributed by atoms with Gasteiger partial charge in [0.1, 0.15) is 23.8 Å². The van der Waals surface area contributed by atoms with Gasteiger partial charge in [-0.2, -0.15) is 0 Å². The van der Waals surface area contributed by atoms with Crippen LogP contribution in [0.4, 0.5) is 17.2 Å². The molecule has 10 heteroatoms. The van der Waals surface area contributed by atoms with Crippen molar-refractivity contribution in [1.82, 2.24) is 24.7 Å². The fourth-order valence-corrected chi connectivity index (χ4v) is 3.04. The maximum absolute atomic E-state index is 12.5. The highest BCUT2D eigenvalue weighted by Crippen LogP contribution is 2.22. The minimum Gasteiger partial charge on any atom is -0.461 e. The third kappa shape index (κ3) is 4.10. The number of aromatic nitrogens is 5. The Morgan fingerprint density at radius 3 is 2.62 bits per heavy atom. The van der Waals surface area contributed by atoms with Gasteiger partial charge in [-0.3, -0.25) is 9.36 Å². The Morgan fingerprint density at radius 1 is 1.03 bits per heavy atom. The molecule has 5 rings (SSSR count). The molecule has 4 aromatic heterocycles. The molecule has 0 bridgehead atoms. The molecule has 158 valence electrons. The summed E-state index contributed by atoms with van der Waals surface area (Å²) in [6.45, 7) is 1.82. The zero-order valence-electron chi connectivity index (χ0n) is 16.9. The van der Waals surface area contributed by atoms with Crippen molar-refractivity contribution in [2.75, 3.05) is 10.6 Å². The standard InChI is InChI=1S/C22H17N7O3/c1-14-24-20(12-21(25-14)29-9-8-23-13-29)26-15-4-6-16(7-5-15)27-22(30)17-11-19(32-28-17)18-3-2-10-31-18/h2-13H,1H3,(H,27,30)(H,24,25,26). The number of amides is 1. The van der Waals surface area contributed by atoms with Gasteiger partial charge >= 0.3 is 0 Å². The molecule has 5 aromatic rings. The molecule has 0 saturated carbocycles. The number of nitrogens with zero attached hydrogens (tertiary/aromatic N) is 5. The molecule has 32 heavy (non-hydrogen) atoms. The first kappa shape index (κ1) is 19.2. The summed E-state index contributed by atoms with van der Waals surface area (Å²) in [5.74, 6) is 2.49. The molecule has 0 aliphatic carbocycles. The van der Waals surface area contributed by atoms with Crippen LogP contribution in [0.5, 0.6) is 0 Å². The lowest BCUT2D eigenvalue weighted by molar-refractivity contribution is 0.101. The van der Waals surface area contributed by atoms with Crippen molar-refractivity contribution >= 4 is 23.1 Å². The molecular formula is C22H17N7O3. The van der Waals surface area contributed by atoms with Crippen molar-refractivity contribution in [3.8, 4) is 17.3 Å². The summed E-state index contributed by atoms with van der Waals surface area (Å²) in [7, 11) is 0. The van der Waals surface area contributed by atoms with Crippen molar-refractivity contribution in [2.24, 2.45) is 0 Å². The summed E-state index contributed by atoms with van der Waals surface area (Å²) in [6, 6.07) is 14.0. The van der Waals surface area contributed by atoms with Crippen LogP contribution >= 0.6 is 0 Å². The zero-order chi connectivity index (χ0) is 21.9. The molecule has 0 aliphatic rings. The van der Waals surface area contributed by atoms with Crippen LogP contribution in [0.3, 0.4) is 0 Å². The number of rotatable bonds is 6. The highest BCUT2D eigenvalue weighted by atomic mass is 16.5. The van der Waals surface area contributed by atoms with Gasteiger partial charge < -0.3 is 19.6 Å². The third-order valence-electron chi connectivity index (χ3n) is 4.52. The normalized spacial score (nSPS) is 10.8. The minimum absolute atomic E-state index is 0.155. The molecular weight excluding hydrogens is 410 g/mol. The first-order chi connectivity index (χ1) is 15.6. The van der Waals surface area contributed by atoms with Gasteiger partial charge in [0, 0.05) is 35.9 Å². The maximum Gasteiger partial charge on any atom is 0.277 e. The van der Waals surface area contributed by atoms with Crippen LogP contribution in [-0.4, -0.2) is 30.6 Å². The molecule has 1 aromatic carbocycles. The fourth-order valence-electron chi connectivity index (χ4n) is 3.04. The summed E-state index contributed by atoms with van der Waals surface area (Å²) < 4.78 is 12.2. The maximum atomic E-state index is 12.5. The summed E-state index contributed by atoms with van der Waals surface area (Å²) in [4.78, 5) is 25.3. The van der Waals surface area contributed by atoms with Gasteiger partial charge in [-0.1, -0.05) is 5.16 Å². The number of anilines is 3. The van der Waals surface area contributed by atoms with Crippen molar-refractivity contribution in [3.63, 3.8) is 0 Å². The Kier molecular flexibility index (Phi) is 4.92. The number of hydrogen-bond acceptors (Lipinski definition) is 8. The summed E-state index contributed by atoms with van der Waals surface area (Å²) in [6.07, 6.45) is 6.70. The molecule has 0 saturated heterocycles. The topological polar surface area (TPSA) is 124 Å². The van der Waals surface area contributed by atoms with Crippen molar-refractivity contribution in [1.29, 1.82) is 0 Å². The van der Waals surface area contributed by atoms with Crippen molar-refractivity contribution < 1.29 is 13.7 Å². The SMILES string of the molecule is Cc1nc(Nc2ccc(NC(=O)c3cc(-c4ccco4)on3)cc2)cc(-n2ccnc2)n1. The van der Waals surface area contributed by atoms with Gasteiger partial charge in [-0.15, -0.1) is 0 Å². The Hall–Kier alpha value is -4.73. The molecule has 2 N–H and O–H groups in total. The van der Waals surface area contributed by atoms with E-state index in [0.717, 1.165) is 5.69 Å². The summed E-state index contributed by atoms with van der Waals surface area (Å²) in [5.41, 5.74) is 1.57. The average Bonchev–Trinajstić information content (AvgIpc) is 3.57. The van der Waals surface area contributed by atoms with Gasteiger partial charge in [-0.25, -0.2) is 15.0 Å². The van der Waals surface area contributed by atoms with E-state index in [4.69, 9.17) is 8.94 Å². The van der Waals surface area contributed by atoms with Crippen molar-refractivity contribution in [2.45, 2.75) is 6.92 Å². The van der Waals surface area contributed by atoms with Gasteiger partial charge in [0.15, 0.2) is 11.5 Å². The van der Waals surface area contributed by atoms with E-state index in [-0.39, 0.29) is 11.6 Å². The molecule has 0 aliphatic heterocycles. The van der Waals surface area contributed by atoms with Gasteiger partial charge in [0.05, 0.1) is 6.26 Å². The monoisotopic (exact) mass is 427 g/mol. The molecule has 10 nitrogen and oxygen atoms in total. The third-order valence-corrected chi connectivity index (χ3v) is 4.52. The second-order valence-corrected chi connectivity index (χ2v) is 6.84. The molecule has 0 unspecified atom stereocenters. The number of benzene rings is 1. The lowest BCUT2D eigenvalue weighted by atomic mass is 10.2. The fraction of sp³-hybridized carbons (Fsp3) is 0.0455. The Bertz CT molecular complexity index is 1340. The highest BCUT2D eigenvalue weighted by molar-refractivity contribution is 6.03. The van der Waals surface area contributed by atoms with E-state index in [1.807, 2.05) is 31.3 Å². The second-order valence-electron chi connectivity index (χ2n) is 6.84. The molecule has 4 heterocycles. The first-order valence-corrected chi connectivity index (χ1v) is 9.67. The van der Waals surface area contributed by atoms with E-state index < -0.39 is 0 Å². The predicted octanol–water partition coefficient (Wildman–Crippen LogP) is 4.21. The lowest BCUT2D eigenvalue weighted by Gasteiger charge is -2.10. The molecule has 0 fully saturated rings. The second kappa shape index (κ2) is 8.19. The number of carbonyl (C=O) groups excluding carboxylic acids is 1. The number of furan rings is 1. The molecule has 0 spiro atoms. The highest BCUT2D eigenvalue weighted by Gasteiger charge is 2.15. The molecule has 0 radical (unpaired) electrons. The van der Waals surface area contributed by atoms with Gasteiger partial charge in [0.2, 0.25) is 5.76 Å². The summed E-state index contributed by atoms with van der Waals surface area (Å²) >= 11 is 0. The zero-order valence-corrected chi connectivity index (χ0v) is 16.9. The molecule has 1 amide bonds. The van der Waals surface area contributed by atoms with Crippen LogP contribution in [0.1, 0.15) is 16.3 Å². The van der Waals surface area contributed by atoms with Crippen LogP contribution < -0.4 is 10.6 Å². The van der Waals surface area contributed by atoms with E-state index in [2.05, 4.69) is 30.7 Å². The van der Waals surface area contributed by atoms with Gasteiger partial charge in [0.25, 0.3) is 5.91 Å². The van der Waals surface area contributed by atoms with E-state index in [9.17, 15) is 4.79 Å². The van der Waals surface area contributed by atoms with Crippen LogP contribution in [0.2, 0.25) is 0 Å². The number of hydrogen-bond donors (Lipinski definition) is 2. The minimum atomic E-state index is -0.385. The quantitative estimate of drug-likeness (QED) is 0.413. The predicted molar refractivity (Wildman–Crippen MR) is 116 cm³/mol. The van der Waals surface area contributed by atoms with Crippen LogP contribution in [0.25, 0.3) is 17.3 Å². The number of carbonyl (C=O) groups is 1. The van der Waals surface area contributed by atoms with Crippen LogP contribution in [-0.2, 0) is 0 Å². The molecule has 0 atom stereocenters. The van der Waals surface area contributed by atoms with E-state index in [1.54, 1.807) is 41.4 Å². The van der Waals surface area contributed by atoms with E-state index in [0.29, 0.717) is 34.7 Å². The Labute approximate surface area is 181 Å². The largest absolute Gasteiger partial charge is 0.461 e. The van der Waals surface area contributed by atoms with Crippen molar-refractivity contribution in [3.05, 3.63) is 85.0 Å². The van der Waals surface area contributed by atoms with E-state index in [1.165, 1.54) is 12.3 Å². The number of nitrogens with one attached hydrogen (secondary N) is 2. The van der Waals surface area contributed by atoms with Crippen LogP contribution in [0.15, 0.2) is 82.5 Å². The number of imidazole rings is 1. The first-order valence-electron chi connectivity index (χ1n) is 9.67. The lowest BCUT2D eigenvalue weighted by Crippen LogP contribution is -2.12. The smallest absolute Gasteiger partial charge is 0.277 e. The summed E-state index contributed by atoms with van der Waals surface area (Å²) in [5, 5.41) is 9.83. The Balaban J connectivity index is 1.26. The number of aryl methyl sites for hydroxylation is 1. The van der Waals surface area contributed by atoms with E-state index >= 15 is 0 Å². The Morgan fingerprint density at radius 2 is 1.88 bits per heavy atom. The van der Waals surface area contributed by atoms with Gasteiger partial charge in [-0.05, 0) is 43.3 Å². The van der Waals surface area contributed by atoms with Crippen LogP contribution in [0, 0.1) is 6.92 Å². The average molecular weight is 427 g/mol.